The highest BCUT2D eigenvalue weighted by atomic mass is 35.5. The van der Waals surface area contributed by atoms with Crippen molar-refractivity contribution < 1.29 is 24.2 Å². The summed E-state index contributed by atoms with van der Waals surface area (Å²) in [5, 5.41) is 14.3. The largest absolute Gasteiger partial charge is 0.481 e. The Balaban J connectivity index is 1.42. The fraction of sp³-hybridized carbons (Fsp3) is 0.192. The van der Waals surface area contributed by atoms with Crippen LogP contribution in [0.25, 0.3) is 11.1 Å². The summed E-state index contributed by atoms with van der Waals surface area (Å²) in [6.45, 7) is 1.74. The van der Waals surface area contributed by atoms with Crippen molar-refractivity contribution in [3.63, 3.8) is 0 Å². The molecule has 0 fully saturated rings. The molecule has 2 amide bonds. The Kier molecular flexibility index (Phi) is 6.84. The van der Waals surface area contributed by atoms with Crippen LogP contribution in [0.5, 0.6) is 0 Å². The molecule has 0 saturated carbocycles. The quantitative estimate of drug-likeness (QED) is 0.427. The number of benzene rings is 3. The fourth-order valence-corrected chi connectivity index (χ4v) is 4.29. The van der Waals surface area contributed by atoms with E-state index in [4.69, 9.17) is 21.4 Å². The van der Waals surface area contributed by atoms with Gasteiger partial charge >= 0.3 is 12.1 Å². The van der Waals surface area contributed by atoms with Crippen LogP contribution in [-0.4, -0.2) is 35.7 Å². The highest BCUT2D eigenvalue weighted by Crippen LogP contribution is 2.44. The van der Waals surface area contributed by atoms with Crippen LogP contribution in [0.15, 0.2) is 66.7 Å². The van der Waals surface area contributed by atoms with Crippen molar-refractivity contribution in [2.24, 2.45) is 0 Å². The molecule has 7 nitrogen and oxygen atoms in total. The molecule has 3 N–H and O–H groups in total. The minimum absolute atomic E-state index is 0.0820. The highest BCUT2D eigenvalue weighted by molar-refractivity contribution is 6.33. The molecule has 1 unspecified atom stereocenters. The second kappa shape index (κ2) is 9.97. The van der Waals surface area contributed by atoms with Gasteiger partial charge in [-0.2, -0.15) is 0 Å². The van der Waals surface area contributed by atoms with Crippen molar-refractivity contribution in [3.05, 3.63) is 88.4 Å². The van der Waals surface area contributed by atoms with E-state index in [0.717, 1.165) is 22.3 Å². The lowest BCUT2D eigenvalue weighted by Crippen LogP contribution is -2.34. The van der Waals surface area contributed by atoms with Gasteiger partial charge in [0, 0.05) is 17.5 Å². The molecule has 0 aromatic heterocycles. The standard InChI is InChI=1S/C26H23ClN2O5/c1-15(12-24(30)31)28-25(32)16-10-11-22(27)23(13-16)29-26(33)34-14-21-19-8-4-2-6-17(19)18-7-3-5-9-20(18)21/h2-11,13,15,21H,12,14H2,1H3,(H,28,32)(H,29,33)(H,30,31). The van der Waals surface area contributed by atoms with Crippen LogP contribution in [-0.2, 0) is 9.53 Å². The van der Waals surface area contributed by atoms with E-state index in [9.17, 15) is 14.4 Å². The van der Waals surface area contributed by atoms with Crippen LogP contribution in [0.1, 0.15) is 40.7 Å². The smallest absolute Gasteiger partial charge is 0.411 e. The number of nitrogens with one attached hydrogen (secondary N) is 2. The minimum atomic E-state index is -1.01. The van der Waals surface area contributed by atoms with E-state index in [2.05, 4.69) is 22.8 Å². The highest BCUT2D eigenvalue weighted by Gasteiger charge is 2.29. The summed E-state index contributed by atoms with van der Waals surface area (Å²) in [5.41, 5.74) is 4.91. The zero-order valence-electron chi connectivity index (χ0n) is 18.4. The normalized spacial score (nSPS) is 12.9. The van der Waals surface area contributed by atoms with E-state index in [1.54, 1.807) is 6.92 Å². The summed E-state index contributed by atoms with van der Waals surface area (Å²) < 4.78 is 5.53. The summed E-state index contributed by atoms with van der Waals surface area (Å²) in [6.07, 6.45) is -0.898. The first-order valence-corrected chi connectivity index (χ1v) is 11.2. The van der Waals surface area contributed by atoms with Gasteiger partial charge in [-0.3, -0.25) is 14.9 Å². The van der Waals surface area contributed by atoms with E-state index >= 15 is 0 Å². The van der Waals surface area contributed by atoms with Gasteiger partial charge in [0.25, 0.3) is 5.91 Å². The van der Waals surface area contributed by atoms with E-state index in [-0.39, 0.29) is 35.2 Å². The van der Waals surface area contributed by atoms with Gasteiger partial charge in [0.1, 0.15) is 6.61 Å². The molecule has 0 aliphatic heterocycles. The first kappa shape index (κ1) is 23.3. The van der Waals surface area contributed by atoms with Crippen molar-refractivity contribution in [3.8, 4) is 11.1 Å². The number of aliphatic carboxylic acids is 1. The van der Waals surface area contributed by atoms with Crippen molar-refractivity contribution in [2.75, 3.05) is 11.9 Å². The molecule has 0 heterocycles. The molecule has 3 aromatic carbocycles. The van der Waals surface area contributed by atoms with Crippen molar-refractivity contribution >= 4 is 35.3 Å². The summed E-state index contributed by atoms with van der Waals surface area (Å²) in [5.74, 6) is -1.57. The van der Waals surface area contributed by atoms with Gasteiger partial charge in [0.2, 0.25) is 0 Å². The number of carbonyl (C=O) groups is 3. The number of hydrogen-bond acceptors (Lipinski definition) is 4. The van der Waals surface area contributed by atoms with Gasteiger partial charge in [0.05, 0.1) is 17.1 Å². The minimum Gasteiger partial charge on any atom is -0.481 e. The number of ether oxygens (including phenoxy) is 1. The summed E-state index contributed by atoms with van der Waals surface area (Å²) in [4.78, 5) is 35.8. The lowest BCUT2D eigenvalue weighted by molar-refractivity contribution is -0.137. The maximum absolute atomic E-state index is 12.6. The predicted molar refractivity (Wildman–Crippen MR) is 129 cm³/mol. The van der Waals surface area contributed by atoms with E-state index < -0.39 is 24.0 Å². The van der Waals surface area contributed by atoms with Crippen molar-refractivity contribution in [1.82, 2.24) is 5.32 Å². The molecule has 3 aromatic rings. The lowest BCUT2D eigenvalue weighted by Gasteiger charge is -2.16. The molecule has 0 saturated heterocycles. The molecule has 0 spiro atoms. The van der Waals surface area contributed by atoms with Crippen LogP contribution >= 0.6 is 11.6 Å². The molecule has 0 bridgehead atoms. The first-order valence-electron chi connectivity index (χ1n) is 10.8. The molecular formula is C26H23ClN2O5. The van der Waals surface area contributed by atoms with Gasteiger partial charge in [-0.1, -0.05) is 60.1 Å². The molecular weight excluding hydrogens is 456 g/mol. The van der Waals surface area contributed by atoms with E-state index in [0.29, 0.717) is 0 Å². The zero-order valence-corrected chi connectivity index (χ0v) is 19.1. The molecule has 34 heavy (non-hydrogen) atoms. The number of rotatable bonds is 7. The Morgan fingerprint density at radius 2 is 1.62 bits per heavy atom. The summed E-state index contributed by atoms with van der Waals surface area (Å²) in [6, 6.07) is 19.9. The molecule has 1 atom stereocenters. The van der Waals surface area contributed by atoms with Gasteiger partial charge < -0.3 is 15.2 Å². The molecule has 1 aliphatic rings. The average molecular weight is 479 g/mol. The topological polar surface area (TPSA) is 105 Å². The molecule has 174 valence electrons. The zero-order chi connectivity index (χ0) is 24.2. The van der Waals surface area contributed by atoms with E-state index in [1.807, 2.05) is 36.4 Å². The number of carbonyl (C=O) groups excluding carboxylic acids is 2. The molecule has 4 rings (SSSR count). The van der Waals surface area contributed by atoms with Crippen LogP contribution in [0, 0.1) is 0 Å². The van der Waals surface area contributed by atoms with Gasteiger partial charge in [-0.25, -0.2) is 4.79 Å². The second-order valence-corrected chi connectivity index (χ2v) is 8.52. The third-order valence-corrected chi connectivity index (χ3v) is 6.00. The summed E-state index contributed by atoms with van der Waals surface area (Å²) >= 11 is 6.20. The van der Waals surface area contributed by atoms with Crippen LogP contribution in [0.3, 0.4) is 0 Å². The fourth-order valence-electron chi connectivity index (χ4n) is 4.13. The first-order chi connectivity index (χ1) is 16.3. The Morgan fingerprint density at radius 1 is 1.00 bits per heavy atom. The van der Waals surface area contributed by atoms with Gasteiger partial charge in [-0.15, -0.1) is 0 Å². The number of carboxylic acid groups (broad SMARTS) is 1. The molecule has 1 aliphatic carbocycles. The Morgan fingerprint density at radius 3 is 2.24 bits per heavy atom. The third kappa shape index (κ3) is 5.05. The van der Waals surface area contributed by atoms with Crippen molar-refractivity contribution in [2.45, 2.75) is 25.3 Å². The summed E-state index contributed by atoms with van der Waals surface area (Å²) in [7, 11) is 0. The number of hydrogen-bond donors (Lipinski definition) is 3. The number of anilines is 1. The van der Waals surface area contributed by atoms with Crippen LogP contribution in [0.4, 0.5) is 10.5 Å². The van der Waals surface area contributed by atoms with Crippen molar-refractivity contribution in [1.29, 1.82) is 0 Å². The van der Waals surface area contributed by atoms with Crippen LogP contribution in [0.2, 0.25) is 5.02 Å². The number of carboxylic acids is 1. The van der Waals surface area contributed by atoms with E-state index in [1.165, 1.54) is 18.2 Å². The Hall–Kier alpha value is -3.84. The molecule has 8 heteroatoms. The lowest BCUT2D eigenvalue weighted by atomic mass is 9.98. The number of amides is 2. The van der Waals surface area contributed by atoms with Gasteiger partial charge in [0.15, 0.2) is 0 Å². The number of fused-ring (bicyclic) bond motifs is 3. The Labute approximate surface area is 201 Å². The van der Waals surface area contributed by atoms with Crippen LogP contribution < -0.4 is 10.6 Å². The number of halogens is 1. The monoisotopic (exact) mass is 478 g/mol. The predicted octanol–water partition coefficient (Wildman–Crippen LogP) is 5.29. The third-order valence-electron chi connectivity index (χ3n) is 5.67. The Bertz CT molecular complexity index is 1210. The van der Waals surface area contributed by atoms with Gasteiger partial charge in [-0.05, 0) is 47.4 Å². The average Bonchev–Trinajstić information content (AvgIpc) is 3.12. The molecule has 0 radical (unpaired) electrons. The maximum Gasteiger partial charge on any atom is 0.411 e. The second-order valence-electron chi connectivity index (χ2n) is 8.12. The SMILES string of the molecule is CC(CC(=O)O)NC(=O)c1ccc(Cl)c(NC(=O)OCC2c3ccccc3-c3ccccc32)c1. The maximum atomic E-state index is 12.6.